The lowest BCUT2D eigenvalue weighted by Gasteiger charge is -2.33. The summed E-state index contributed by atoms with van der Waals surface area (Å²) in [4.78, 5) is 17.5. The van der Waals surface area contributed by atoms with E-state index in [9.17, 15) is 14.3 Å². The van der Waals surface area contributed by atoms with Crippen LogP contribution in [0.4, 0.5) is 4.39 Å². The van der Waals surface area contributed by atoms with Crippen LogP contribution in [0.3, 0.4) is 0 Å². The second kappa shape index (κ2) is 6.02. The van der Waals surface area contributed by atoms with Crippen LogP contribution < -0.4 is 0 Å². The van der Waals surface area contributed by atoms with Crippen LogP contribution in [0.5, 0.6) is 0 Å². The van der Waals surface area contributed by atoms with Crippen LogP contribution in [0.1, 0.15) is 30.8 Å². The molecule has 1 N–H and O–H groups in total. The van der Waals surface area contributed by atoms with E-state index in [1.165, 1.54) is 12.1 Å². The van der Waals surface area contributed by atoms with Crippen molar-refractivity contribution in [2.24, 2.45) is 0 Å². The van der Waals surface area contributed by atoms with E-state index in [1.807, 2.05) is 25.8 Å². The van der Waals surface area contributed by atoms with E-state index in [-0.39, 0.29) is 23.6 Å². The number of halogens is 1. The summed E-state index contributed by atoms with van der Waals surface area (Å²) in [5, 5.41) is 9.20. The van der Waals surface area contributed by atoms with Gasteiger partial charge in [0.2, 0.25) is 0 Å². The zero-order chi connectivity index (χ0) is 13.8. The molecule has 0 unspecified atom stereocenters. The molecular weight excluding hydrogens is 235 g/mol. The van der Waals surface area contributed by atoms with Crippen LogP contribution in [0.2, 0.25) is 0 Å². The van der Waals surface area contributed by atoms with Crippen molar-refractivity contribution in [1.82, 2.24) is 9.88 Å². The van der Waals surface area contributed by atoms with Gasteiger partial charge in [-0.2, -0.15) is 0 Å². The van der Waals surface area contributed by atoms with Gasteiger partial charge in [0.1, 0.15) is 11.5 Å². The lowest BCUT2D eigenvalue weighted by Crippen LogP contribution is -2.45. The third-order valence-corrected chi connectivity index (χ3v) is 3.11. The van der Waals surface area contributed by atoms with Gasteiger partial charge in [0.05, 0.1) is 12.8 Å². The minimum absolute atomic E-state index is 0.0203. The summed E-state index contributed by atoms with van der Waals surface area (Å²) in [6.07, 6.45) is 1.33. The van der Waals surface area contributed by atoms with Crippen LogP contribution >= 0.6 is 0 Å². The zero-order valence-corrected chi connectivity index (χ0v) is 11.0. The van der Waals surface area contributed by atoms with Crippen molar-refractivity contribution >= 4 is 5.78 Å². The molecule has 100 valence electrons. The first-order chi connectivity index (χ1) is 8.36. The van der Waals surface area contributed by atoms with Crippen molar-refractivity contribution in [2.45, 2.75) is 25.8 Å². The Bertz CT molecular complexity index is 404. The molecule has 1 aromatic heterocycles. The number of hydrogen-bond acceptors (Lipinski definition) is 4. The summed E-state index contributed by atoms with van der Waals surface area (Å²) < 4.78 is 12.7. The van der Waals surface area contributed by atoms with E-state index in [1.54, 1.807) is 0 Å². The molecule has 0 spiro atoms. The Labute approximate surface area is 106 Å². The number of ketones is 1. The van der Waals surface area contributed by atoms with E-state index in [4.69, 9.17) is 0 Å². The van der Waals surface area contributed by atoms with Crippen LogP contribution in [0, 0.1) is 5.82 Å². The molecule has 0 amide bonds. The smallest absolute Gasteiger partial charge is 0.182 e. The van der Waals surface area contributed by atoms with E-state index >= 15 is 0 Å². The monoisotopic (exact) mass is 254 g/mol. The normalized spacial score (nSPS) is 11.9. The van der Waals surface area contributed by atoms with Gasteiger partial charge in [0.15, 0.2) is 5.78 Å². The maximum Gasteiger partial charge on any atom is 0.182 e. The minimum Gasteiger partial charge on any atom is -0.394 e. The van der Waals surface area contributed by atoms with E-state index < -0.39 is 5.82 Å². The van der Waals surface area contributed by atoms with Gasteiger partial charge in [-0.3, -0.25) is 14.7 Å². The standard InChI is InChI=1S/C13H19FN2O2/c1-13(2,9-17)16(3)7-6-12(18)11-5-4-10(14)8-15-11/h4-5,8,17H,6-7,9H2,1-3H3. The second-order valence-corrected chi connectivity index (χ2v) is 4.93. The largest absolute Gasteiger partial charge is 0.394 e. The third kappa shape index (κ3) is 3.85. The molecule has 0 fully saturated rings. The molecule has 0 aliphatic heterocycles. The van der Waals surface area contributed by atoms with Crippen molar-refractivity contribution < 1.29 is 14.3 Å². The molecule has 5 heteroatoms. The SMILES string of the molecule is CN(CCC(=O)c1ccc(F)cn1)C(C)(C)CO. The molecule has 0 aromatic carbocycles. The Balaban J connectivity index is 2.54. The van der Waals surface area contributed by atoms with Crippen molar-refractivity contribution in [3.63, 3.8) is 0 Å². The highest BCUT2D eigenvalue weighted by molar-refractivity contribution is 5.94. The molecule has 0 saturated carbocycles. The fraction of sp³-hybridized carbons (Fsp3) is 0.538. The van der Waals surface area contributed by atoms with Crippen molar-refractivity contribution in [3.8, 4) is 0 Å². The van der Waals surface area contributed by atoms with Crippen LogP contribution in [-0.4, -0.2) is 46.5 Å². The Morgan fingerprint density at radius 2 is 2.17 bits per heavy atom. The molecular formula is C13H19FN2O2. The van der Waals surface area contributed by atoms with Gasteiger partial charge in [-0.1, -0.05) is 0 Å². The Morgan fingerprint density at radius 1 is 1.50 bits per heavy atom. The Hall–Kier alpha value is -1.33. The second-order valence-electron chi connectivity index (χ2n) is 4.93. The Kier molecular flexibility index (Phi) is 4.93. The highest BCUT2D eigenvalue weighted by Gasteiger charge is 2.22. The van der Waals surface area contributed by atoms with E-state index in [0.29, 0.717) is 13.0 Å². The van der Waals surface area contributed by atoms with Crippen LogP contribution in [0.25, 0.3) is 0 Å². The highest BCUT2D eigenvalue weighted by Crippen LogP contribution is 2.12. The molecule has 1 aromatic rings. The lowest BCUT2D eigenvalue weighted by molar-refractivity contribution is 0.0723. The fourth-order valence-electron chi connectivity index (χ4n) is 1.36. The van der Waals surface area contributed by atoms with Crippen molar-refractivity contribution in [3.05, 3.63) is 29.8 Å². The van der Waals surface area contributed by atoms with Gasteiger partial charge in [0.25, 0.3) is 0 Å². The summed E-state index contributed by atoms with van der Waals surface area (Å²) in [7, 11) is 1.85. The minimum atomic E-state index is -0.454. The molecule has 4 nitrogen and oxygen atoms in total. The summed E-state index contributed by atoms with van der Waals surface area (Å²) in [5.41, 5.74) is -0.0946. The summed E-state index contributed by atoms with van der Waals surface area (Å²) in [6.45, 7) is 4.33. The maximum absolute atomic E-state index is 12.7. The van der Waals surface area contributed by atoms with Crippen molar-refractivity contribution in [1.29, 1.82) is 0 Å². The number of aliphatic hydroxyl groups is 1. The van der Waals surface area contributed by atoms with Gasteiger partial charge >= 0.3 is 0 Å². The van der Waals surface area contributed by atoms with E-state index in [0.717, 1.165) is 6.20 Å². The molecule has 0 aliphatic carbocycles. The number of hydrogen-bond donors (Lipinski definition) is 1. The molecule has 0 bridgehead atoms. The molecule has 1 rings (SSSR count). The molecule has 0 atom stereocenters. The van der Waals surface area contributed by atoms with Gasteiger partial charge in [0, 0.05) is 18.5 Å². The topological polar surface area (TPSA) is 53.4 Å². The van der Waals surface area contributed by atoms with Gasteiger partial charge < -0.3 is 5.11 Å². The highest BCUT2D eigenvalue weighted by atomic mass is 19.1. The van der Waals surface area contributed by atoms with Gasteiger partial charge in [-0.05, 0) is 33.0 Å². The number of Topliss-reactive ketones (excluding diaryl/α,β-unsaturated/α-hetero) is 1. The number of rotatable bonds is 6. The summed E-state index contributed by atoms with van der Waals surface area (Å²) in [6, 6.07) is 2.61. The molecule has 0 saturated heterocycles. The molecule has 0 radical (unpaired) electrons. The van der Waals surface area contributed by atoms with Crippen LogP contribution in [0.15, 0.2) is 18.3 Å². The third-order valence-electron chi connectivity index (χ3n) is 3.11. The molecule has 0 aliphatic rings. The predicted molar refractivity (Wildman–Crippen MR) is 66.9 cm³/mol. The maximum atomic E-state index is 12.7. The van der Waals surface area contributed by atoms with Gasteiger partial charge in [-0.15, -0.1) is 0 Å². The number of pyridine rings is 1. The number of aromatic nitrogens is 1. The van der Waals surface area contributed by atoms with E-state index in [2.05, 4.69) is 4.98 Å². The lowest BCUT2D eigenvalue weighted by atomic mass is 10.0. The predicted octanol–water partition coefficient (Wildman–Crippen LogP) is 1.50. The first kappa shape index (κ1) is 14.7. The average molecular weight is 254 g/mol. The van der Waals surface area contributed by atoms with Crippen molar-refractivity contribution in [2.75, 3.05) is 20.2 Å². The average Bonchev–Trinajstić information content (AvgIpc) is 2.36. The molecule has 18 heavy (non-hydrogen) atoms. The Morgan fingerprint density at radius 3 is 2.67 bits per heavy atom. The zero-order valence-electron chi connectivity index (χ0n) is 11.0. The molecule has 1 heterocycles. The fourth-order valence-corrected chi connectivity index (χ4v) is 1.36. The number of carbonyl (C=O) groups excluding carboxylic acids is 1. The quantitative estimate of drug-likeness (QED) is 0.782. The number of likely N-dealkylation sites (N-methyl/N-ethyl adjacent to an activating group) is 1. The first-order valence-corrected chi connectivity index (χ1v) is 5.83. The summed E-state index contributed by atoms with van der Waals surface area (Å²) >= 11 is 0. The number of carbonyl (C=O) groups is 1. The summed E-state index contributed by atoms with van der Waals surface area (Å²) in [5.74, 6) is -0.583. The first-order valence-electron chi connectivity index (χ1n) is 5.83. The number of aliphatic hydroxyl groups excluding tert-OH is 1. The van der Waals surface area contributed by atoms with Gasteiger partial charge in [-0.25, -0.2) is 4.39 Å². The van der Waals surface area contributed by atoms with Crippen LogP contribution in [-0.2, 0) is 0 Å². The number of nitrogens with zero attached hydrogens (tertiary/aromatic N) is 2.